The maximum Gasteiger partial charge on any atom is 0.365 e. The van der Waals surface area contributed by atoms with Crippen molar-refractivity contribution in [2.24, 2.45) is 5.92 Å². The Hall–Kier alpha value is -3.20. The molecule has 1 atom stereocenters. The van der Waals surface area contributed by atoms with E-state index in [0.717, 1.165) is 29.5 Å². The summed E-state index contributed by atoms with van der Waals surface area (Å²) in [6, 6.07) is 7.14. The molecule has 0 spiro atoms. The highest BCUT2D eigenvalue weighted by Crippen LogP contribution is 2.38. The quantitative estimate of drug-likeness (QED) is 0.545. The van der Waals surface area contributed by atoms with Crippen molar-refractivity contribution in [3.8, 4) is 5.75 Å². The lowest BCUT2D eigenvalue weighted by Crippen LogP contribution is -2.28. The molecule has 0 bridgehead atoms. The summed E-state index contributed by atoms with van der Waals surface area (Å²) in [6.45, 7) is 2.09. The van der Waals surface area contributed by atoms with Gasteiger partial charge in [0.1, 0.15) is 23.5 Å². The molecule has 154 valence electrons. The van der Waals surface area contributed by atoms with Gasteiger partial charge in [-0.3, -0.25) is 4.79 Å². The zero-order chi connectivity index (χ0) is 20.8. The van der Waals surface area contributed by atoms with E-state index in [4.69, 9.17) is 4.74 Å². The summed E-state index contributed by atoms with van der Waals surface area (Å²) in [7, 11) is 1.54. The maximum atomic E-state index is 12.6. The molecular weight excluding hydrogens is 402 g/mol. The highest BCUT2D eigenvalue weighted by molar-refractivity contribution is 7.19. The monoisotopic (exact) mass is 423 g/mol. The summed E-state index contributed by atoms with van der Waals surface area (Å²) in [4.78, 5) is 36.3. The Morgan fingerprint density at radius 2 is 2.20 bits per heavy atom. The van der Waals surface area contributed by atoms with Gasteiger partial charge in [0.15, 0.2) is 5.65 Å². The molecule has 3 aromatic heterocycles. The molecule has 0 unspecified atom stereocenters. The van der Waals surface area contributed by atoms with Crippen molar-refractivity contribution in [2.45, 2.75) is 32.7 Å². The first kappa shape index (κ1) is 18.8. The van der Waals surface area contributed by atoms with Crippen molar-refractivity contribution in [1.82, 2.24) is 19.2 Å². The number of carbonyl (C=O) groups excluding carboxylic acids is 1. The van der Waals surface area contributed by atoms with Crippen LogP contribution in [0.25, 0.3) is 15.9 Å². The molecule has 0 aliphatic heterocycles. The molecule has 9 heteroatoms. The van der Waals surface area contributed by atoms with Gasteiger partial charge in [0, 0.05) is 4.88 Å². The van der Waals surface area contributed by atoms with E-state index in [9.17, 15) is 9.59 Å². The number of carbonyl (C=O) groups is 1. The SMILES string of the molecule is COc1ccccc1NC(=O)Cn1c(=O)nc2c3c4c(sc3ncn21)C[C@@H](C)CC4. The van der Waals surface area contributed by atoms with Crippen molar-refractivity contribution in [1.29, 1.82) is 0 Å². The van der Waals surface area contributed by atoms with Gasteiger partial charge in [-0.2, -0.15) is 4.98 Å². The van der Waals surface area contributed by atoms with E-state index in [1.165, 1.54) is 15.1 Å². The highest BCUT2D eigenvalue weighted by Gasteiger charge is 2.24. The highest BCUT2D eigenvalue weighted by atomic mass is 32.1. The summed E-state index contributed by atoms with van der Waals surface area (Å²) < 4.78 is 8.17. The first-order chi connectivity index (χ1) is 14.5. The molecular formula is C21H21N5O3S. The number of amides is 1. The number of anilines is 1. The molecule has 1 aromatic carbocycles. The lowest BCUT2D eigenvalue weighted by Gasteiger charge is -2.17. The van der Waals surface area contributed by atoms with Crippen LogP contribution in [0.3, 0.4) is 0 Å². The third kappa shape index (κ3) is 3.06. The van der Waals surface area contributed by atoms with Crippen molar-refractivity contribution in [2.75, 3.05) is 12.4 Å². The standard InChI is InChI=1S/C21H21N5O3S/c1-12-7-8-13-16(9-12)30-20-18(13)19-24-21(28)25(26(19)11-22-20)10-17(27)23-14-5-3-4-6-15(14)29-2/h3-6,11-12H,7-10H2,1-2H3,(H,23,27)/t12-/m0/s1. The summed E-state index contributed by atoms with van der Waals surface area (Å²) >= 11 is 1.68. The van der Waals surface area contributed by atoms with Gasteiger partial charge < -0.3 is 10.1 Å². The Bertz CT molecular complexity index is 1340. The van der Waals surface area contributed by atoms with Gasteiger partial charge in [-0.15, -0.1) is 11.3 Å². The zero-order valence-corrected chi connectivity index (χ0v) is 17.5. The first-order valence-electron chi connectivity index (χ1n) is 9.86. The molecule has 1 aliphatic rings. The van der Waals surface area contributed by atoms with Crippen molar-refractivity contribution in [3.05, 3.63) is 51.5 Å². The third-order valence-corrected chi connectivity index (χ3v) is 6.74. The van der Waals surface area contributed by atoms with Gasteiger partial charge in [-0.25, -0.2) is 19.0 Å². The second-order valence-corrected chi connectivity index (χ2v) is 8.73. The van der Waals surface area contributed by atoms with Gasteiger partial charge in [0.05, 0.1) is 18.2 Å². The molecule has 8 nitrogen and oxygen atoms in total. The number of thiophene rings is 1. The second kappa shape index (κ2) is 7.24. The normalized spacial score (nSPS) is 16.0. The molecule has 30 heavy (non-hydrogen) atoms. The minimum atomic E-state index is -0.469. The van der Waals surface area contributed by atoms with Gasteiger partial charge in [-0.05, 0) is 42.9 Å². The van der Waals surface area contributed by atoms with E-state index in [-0.39, 0.29) is 12.5 Å². The average molecular weight is 423 g/mol. The Morgan fingerprint density at radius 3 is 3.03 bits per heavy atom. The van der Waals surface area contributed by atoms with Crippen LogP contribution in [0.5, 0.6) is 5.75 Å². The minimum Gasteiger partial charge on any atom is -0.495 e. The number of hydrogen-bond acceptors (Lipinski definition) is 6. The van der Waals surface area contributed by atoms with Gasteiger partial charge in [-0.1, -0.05) is 19.1 Å². The van der Waals surface area contributed by atoms with Crippen molar-refractivity contribution in [3.63, 3.8) is 0 Å². The predicted octanol–water partition coefficient (Wildman–Crippen LogP) is 2.88. The van der Waals surface area contributed by atoms with Crippen molar-refractivity contribution >= 4 is 38.8 Å². The fourth-order valence-electron chi connectivity index (χ4n) is 4.08. The van der Waals surface area contributed by atoms with E-state index in [1.807, 2.05) is 6.07 Å². The molecule has 0 fully saturated rings. The number of aryl methyl sites for hydroxylation is 1. The Morgan fingerprint density at radius 1 is 1.37 bits per heavy atom. The Balaban J connectivity index is 1.52. The number of methoxy groups -OCH3 is 1. The number of rotatable bonds is 4. The van der Waals surface area contributed by atoms with Gasteiger partial charge >= 0.3 is 5.69 Å². The van der Waals surface area contributed by atoms with E-state index in [2.05, 4.69) is 22.2 Å². The van der Waals surface area contributed by atoms with Crippen LogP contribution in [-0.2, 0) is 24.2 Å². The smallest absolute Gasteiger partial charge is 0.365 e. The summed E-state index contributed by atoms with van der Waals surface area (Å²) in [6.07, 6.45) is 4.70. The fraction of sp³-hybridized carbons (Fsp3) is 0.333. The molecule has 1 amide bonds. The van der Waals surface area contributed by atoms with Crippen LogP contribution in [0, 0.1) is 5.92 Å². The Labute approximate surface area is 176 Å². The van der Waals surface area contributed by atoms with E-state index in [0.29, 0.717) is 23.0 Å². The van der Waals surface area contributed by atoms with Crippen molar-refractivity contribution < 1.29 is 9.53 Å². The number of nitrogens with one attached hydrogen (secondary N) is 1. The first-order valence-corrected chi connectivity index (χ1v) is 10.7. The maximum absolute atomic E-state index is 12.6. The van der Waals surface area contributed by atoms with Crippen LogP contribution < -0.4 is 15.7 Å². The van der Waals surface area contributed by atoms with Crippen LogP contribution in [0.2, 0.25) is 0 Å². The fourth-order valence-corrected chi connectivity index (χ4v) is 5.42. The van der Waals surface area contributed by atoms with Crippen LogP contribution in [0.1, 0.15) is 23.8 Å². The lowest BCUT2D eigenvalue weighted by molar-refractivity contribution is -0.117. The predicted molar refractivity (Wildman–Crippen MR) is 115 cm³/mol. The average Bonchev–Trinajstić information content (AvgIpc) is 3.25. The molecule has 3 heterocycles. The lowest BCUT2D eigenvalue weighted by atomic mass is 9.89. The molecule has 1 aliphatic carbocycles. The van der Waals surface area contributed by atoms with Crippen LogP contribution in [0.15, 0.2) is 35.4 Å². The summed E-state index contributed by atoms with van der Waals surface area (Å²) in [5.74, 6) is 0.864. The molecule has 0 saturated carbocycles. The van der Waals surface area contributed by atoms with E-state index in [1.54, 1.807) is 47.5 Å². The van der Waals surface area contributed by atoms with Gasteiger partial charge in [0.2, 0.25) is 5.91 Å². The second-order valence-electron chi connectivity index (χ2n) is 7.65. The summed E-state index contributed by atoms with van der Waals surface area (Å²) in [5.41, 5.74) is 1.90. The molecule has 4 aromatic rings. The number of ether oxygens (including phenoxy) is 1. The number of fused-ring (bicyclic) bond motifs is 5. The van der Waals surface area contributed by atoms with Crippen LogP contribution in [0.4, 0.5) is 5.69 Å². The summed E-state index contributed by atoms with van der Waals surface area (Å²) in [5, 5.41) is 3.74. The molecule has 5 rings (SSSR count). The molecule has 0 saturated heterocycles. The topological polar surface area (TPSA) is 90.5 Å². The number of benzene rings is 1. The number of hydrogen-bond donors (Lipinski definition) is 1. The molecule has 0 radical (unpaired) electrons. The number of nitrogens with zero attached hydrogens (tertiary/aromatic N) is 4. The number of para-hydroxylation sites is 2. The van der Waals surface area contributed by atoms with Crippen LogP contribution in [-0.4, -0.2) is 32.2 Å². The minimum absolute atomic E-state index is 0.172. The van der Waals surface area contributed by atoms with E-state index >= 15 is 0 Å². The Kier molecular flexibility index (Phi) is 4.54. The van der Waals surface area contributed by atoms with E-state index < -0.39 is 5.69 Å². The van der Waals surface area contributed by atoms with Crippen LogP contribution >= 0.6 is 11.3 Å². The number of aromatic nitrogens is 4. The largest absolute Gasteiger partial charge is 0.495 e. The zero-order valence-electron chi connectivity index (χ0n) is 16.7. The van der Waals surface area contributed by atoms with Gasteiger partial charge in [0.25, 0.3) is 0 Å². The third-order valence-electron chi connectivity index (χ3n) is 5.57. The molecule has 1 N–H and O–H groups in total.